The van der Waals surface area contributed by atoms with Crippen molar-refractivity contribution in [1.82, 2.24) is 9.55 Å². The molecule has 0 radical (unpaired) electrons. The number of hydrogen-bond acceptors (Lipinski definition) is 18. The summed E-state index contributed by atoms with van der Waals surface area (Å²) in [6.07, 6.45) is -9.81. The first-order valence-corrected chi connectivity index (χ1v) is 17.5. The molecule has 0 amide bonds. The van der Waals surface area contributed by atoms with Crippen LogP contribution in [0.2, 0.25) is 0 Å². The maximum atomic E-state index is 13.7. The summed E-state index contributed by atoms with van der Waals surface area (Å²) in [4.78, 5) is 54.5. The van der Waals surface area contributed by atoms with Crippen LogP contribution in [0, 0.1) is 0 Å². The maximum Gasteiger partial charge on any atom is 0.351 e. The first-order valence-electron chi connectivity index (χ1n) is 17.5. The Morgan fingerprint density at radius 2 is 1.74 bits per heavy atom. The number of rotatable bonds is 7. The summed E-state index contributed by atoms with van der Waals surface area (Å²) in [7, 11) is 1.32. The second-order valence-corrected chi connectivity index (χ2v) is 14.0. The van der Waals surface area contributed by atoms with Crippen LogP contribution in [0.4, 0.5) is 14.6 Å². The van der Waals surface area contributed by atoms with Crippen molar-refractivity contribution in [3.05, 3.63) is 74.3 Å². The number of ketones is 3. The Hall–Kier alpha value is -4.97. The molecule has 57 heavy (non-hydrogen) atoms. The molecule has 2 aromatic carbocycles. The molecule has 2 aliphatic heterocycles. The number of carbonyl (C=O) groups is 3. The molecule has 2 aliphatic carbocycles. The molecule has 308 valence electrons. The van der Waals surface area contributed by atoms with E-state index in [4.69, 9.17) is 35.5 Å². The van der Waals surface area contributed by atoms with Crippen molar-refractivity contribution < 1.29 is 77.9 Å². The summed E-state index contributed by atoms with van der Waals surface area (Å²) < 4.78 is 49.7. The van der Waals surface area contributed by atoms with E-state index in [2.05, 4.69) is 4.98 Å². The van der Waals surface area contributed by atoms with Gasteiger partial charge in [-0.3, -0.25) is 19.0 Å². The molecule has 3 aromatic rings. The van der Waals surface area contributed by atoms with E-state index in [-0.39, 0.29) is 40.2 Å². The van der Waals surface area contributed by atoms with Crippen molar-refractivity contribution in [1.29, 1.82) is 0 Å². The van der Waals surface area contributed by atoms with Crippen LogP contribution in [0.1, 0.15) is 75.1 Å². The fraction of sp³-hybridized carbons (Fsp3) is 0.472. The number of aromatic nitrogens is 2. The van der Waals surface area contributed by atoms with Gasteiger partial charge in [0.1, 0.15) is 41.4 Å². The number of aliphatic hydroxyl groups excluding tert-OH is 4. The van der Waals surface area contributed by atoms with Crippen molar-refractivity contribution in [2.24, 2.45) is 5.73 Å². The van der Waals surface area contributed by atoms with Crippen LogP contribution in [0.25, 0.3) is 0 Å². The van der Waals surface area contributed by atoms with Gasteiger partial charge in [0.15, 0.2) is 24.0 Å². The zero-order valence-corrected chi connectivity index (χ0v) is 30.2. The van der Waals surface area contributed by atoms with E-state index in [1.165, 1.54) is 25.3 Å². The lowest BCUT2D eigenvalue weighted by atomic mass is 9.72. The molecule has 2 saturated heterocycles. The lowest BCUT2D eigenvalue weighted by Gasteiger charge is -2.42. The molecule has 2 fully saturated rings. The van der Waals surface area contributed by atoms with Gasteiger partial charge in [-0.15, -0.1) is 0 Å². The van der Waals surface area contributed by atoms with Crippen LogP contribution in [-0.2, 0) is 25.4 Å². The number of anilines is 1. The van der Waals surface area contributed by atoms with E-state index in [0.717, 1.165) is 12.3 Å². The minimum absolute atomic E-state index is 0.0173. The molecule has 1 aromatic heterocycles. The first kappa shape index (κ1) is 41.7. The van der Waals surface area contributed by atoms with Gasteiger partial charge in [0.25, 0.3) is 0 Å². The normalized spacial score (nSPS) is 30.1. The largest absolute Gasteiger partial charge is 0.507 e. The monoisotopic (exact) mass is 806 g/mol. The van der Waals surface area contributed by atoms with Gasteiger partial charge in [-0.25, -0.2) is 4.79 Å². The topological polar surface area (TPSA) is 317 Å². The van der Waals surface area contributed by atoms with Gasteiger partial charge in [-0.1, -0.05) is 12.1 Å². The number of aromatic hydroxyl groups is 2. The van der Waals surface area contributed by atoms with Crippen LogP contribution < -0.4 is 21.9 Å². The minimum Gasteiger partial charge on any atom is -0.507 e. The average Bonchev–Trinajstić information content (AvgIpc) is 3.40. The number of phenolic OH excluding ortho intramolecular Hbond substituents is 2. The van der Waals surface area contributed by atoms with E-state index in [1.807, 2.05) is 0 Å². The molecule has 4 aliphatic rings. The fourth-order valence-electron chi connectivity index (χ4n) is 7.47. The standard InChI is InChI=1S/C27H29NO11.C9H11F2N3O4/c1-10-22(31)13(28)6-17(38-10)39-15-8-27(36,16(30)9-29)7-12-19(15)26(35)21-20(24(12)33)23(32)11-4-3-5-14(37-2)18(11)25(21)34;10-9(11)6(16)4(3-15)18-7(9)14-2-1-5(12)13-8(14)17/h3-5,10,13,15,17,22,29,31,33,35-36H,6-9,28H2,1-2H3;1-2,4,6-7,15-16H,3H2,(H2,12,13,17)/t10-,13-,15-,17-,22+,27-;4-,6-,7-/m01/s1. The summed E-state index contributed by atoms with van der Waals surface area (Å²) >= 11 is 0. The van der Waals surface area contributed by atoms with Gasteiger partial charge in [0, 0.05) is 48.2 Å². The number of phenols is 2. The van der Waals surface area contributed by atoms with Crippen molar-refractivity contribution >= 4 is 23.2 Å². The van der Waals surface area contributed by atoms with E-state index >= 15 is 0 Å². The van der Waals surface area contributed by atoms with Crippen molar-refractivity contribution in [3.8, 4) is 17.2 Å². The number of alkyl halides is 2. The SMILES string of the molecule is COc1cccc2c1C(=O)c1c(O)c3c(c(O)c1C2=O)C[C@@](O)(C(=O)CO)C[C@@H]3O[C@H]1C[C@H](N)[C@H](O)[C@H](C)O1.Nc1ccn([C@@H]2O[C@H](CO)[C@@H](O)C2(F)F)c(=O)n1. The van der Waals surface area contributed by atoms with Gasteiger partial charge < -0.3 is 66.2 Å². The van der Waals surface area contributed by atoms with Gasteiger partial charge >= 0.3 is 11.6 Å². The van der Waals surface area contributed by atoms with Crippen molar-refractivity contribution in [3.63, 3.8) is 0 Å². The number of nitrogens with zero attached hydrogens (tertiary/aromatic N) is 2. The highest BCUT2D eigenvalue weighted by atomic mass is 19.3. The van der Waals surface area contributed by atoms with E-state index < -0.39 is 132 Å². The molecular weight excluding hydrogens is 766 g/mol. The molecular formula is C36H40F2N4O15. The van der Waals surface area contributed by atoms with Crippen LogP contribution in [0.3, 0.4) is 0 Å². The van der Waals surface area contributed by atoms with Gasteiger partial charge in [-0.05, 0) is 19.1 Å². The maximum absolute atomic E-state index is 13.7. The number of ether oxygens (including phenoxy) is 4. The first-order chi connectivity index (χ1) is 26.8. The van der Waals surface area contributed by atoms with Gasteiger partial charge in [0.05, 0.1) is 48.7 Å². The second kappa shape index (κ2) is 15.4. The summed E-state index contributed by atoms with van der Waals surface area (Å²) in [5.41, 5.74) is 6.58. The van der Waals surface area contributed by atoms with E-state index in [9.17, 15) is 58.6 Å². The lowest BCUT2D eigenvalue weighted by Crippen LogP contribution is -2.53. The van der Waals surface area contributed by atoms with Crippen LogP contribution in [-0.4, -0.2) is 131 Å². The molecule has 0 spiro atoms. The summed E-state index contributed by atoms with van der Waals surface area (Å²) in [5, 5.41) is 71.8. The number of carbonyl (C=O) groups excluding carboxylic acids is 3. The predicted molar refractivity (Wildman–Crippen MR) is 187 cm³/mol. The van der Waals surface area contributed by atoms with E-state index in [0.29, 0.717) is 4.57 Å². The van der Waals surface area contributed by atoms with Gasteiger partial charge in [-0.2, -0.15) is 13.8 Å². The lowest BCUT2D eigenvalue weighted by molar-refractivity contribution is -0.247. The number of benzene rings is 2. The molecule has 9 atom stereocenters. The number of nitrogen functional groups attached to an aromatic ring is 1. The Morgan fingerprint density at radius 3 is 2.33 bits per heavy atom. The Labute approximate surface area is 320 Å². The zero-order chi connectivity index (χ0) is 41.9. The number of nitrogens with two attached hydrogens (primary N) is 2. The zero-order valence-electron chi connectivity index (χ0n) is 30.2. The predicted octanol–water partition coefficient (Wildman–Crippen LogP) is -1.29. The molecule has 0 saturated carbocycles. The highest BCUT2D eigenvalue weighted by Crippen LogP contribution is 2.52. The number of fused-ring (bicyclic) bond motifs is 3. The Balaban J connectivity index is 0.000000255. The Bertz CT molecular complexity index is 2160. The molecule has 7 rings (SSSR count). The summed E-state index contributed by atoms with van der Waals surface area (Å²) in [5.74, 6) is -7.60. The quantitative estimate of drug-likeness (QED) is 0.0982. The molecule has 3 heterocycles. The third-order valence-corrected chi connectivity index (χ3v) is 10.5. The van der Waals surface area contributed by atoms with Crippen LogP contribution in [0.15, 0.2) is 35.3 Å². The molecule has 0 bridgehead atoms. The molecule has 21 heteroatoms. The molecule has 0 unspecified atom stereocenters. The van der Waals surface area contributed by atoms with Crippen molar-refractivity contribution in [2.75, 3.05) is 26.1 Å². The van der Waals surface area contributed by atoms with Crippen LogP contribution in [0.5, 0.6) is 17.2 Å². The smallest absolute Gasteiger partial charge is 0.351 e. The Morgan fingerprint density at radius 1 is 1.05 bits per heavy atom. The van der Waals surface area contributed by atoms with Crippen molar-refractivity contribution in [2.45, 2.75) is 86.8 Å². The minimum atomic E-state index is -3.71. The second-order valence-electron chi connectivity index (χ2n) is 14.0. The molecule has 11 N–H and O–H groups in total. The van der Waals surface area contributed by atoms with Gasteiger partial charge in [0.2, 0.25) is 12.0 Å². The Kier molecular flexibility index (Phi) is 11.3. The third-order valence-electron chi connectivity index (χ3n) is 10.5. The fourth-order valence-corrected chi connectivity index (χ4v) is 7.47. The summed E-state index contributed by atoms with van der Waals surface area (Å²) in [6.45, 7) is -0.228. The number of Topliss-reactive ketones (excluding diaryl/α,β-unsaturated/α-hetero) is 1. The highest BCUT2D eigenvalue weighted by molar-refractivity contribution is 6.31. The number of halogens is 2. The summed E-state index contributed by atoms with van der Waals surface area (Å²) in [6, 6.07) is 4.79. The third kappa shape index (κ3) is 7.04. The number of methoxy groups -OCH3 is 1. The number of aliphatic hydroxyl groups is 5. The highest BCUT2D eigenvalue weighted by Gasteiger charge is 2.59. The van der Waals surface area contributed by atoms with Crippen LogP contribution >= 0.6 is 0 Å². The molecule has 19 nitrogen and oxygen atoms in total. The van der Waals surface area contributed by atoms with E-state index in [1.54, 1.807) is 6.92 Å². The average molecular weight is 807 g/mol. The number of hydrogen-bond donors (Lipinski definition) is 9.